The van der Waals surface area contributed by atoms with Crippen molar-refractivity contribution in [2.75, 3.05) is 20.3 Å². The molecule has 0 aliphatic heterocycles. The Morgan fingerprint density at radius 3 is 2.42 bits per heavy atom. The van der Waals surface area contributed by atoms with Crippen molar-refractivity contribution < 1.29 is 14.6 Å². The third kappa shape index (κ3) is 5.25. The molecule has 2 aromatic rings. The number of aliphatic hydroxyl groups excluding tert-OH is 1. The molecule has 2 N–H and O–H groups in total. The highest BCUT2D eigenvalue weighted by Crippen LogP contribution is 2.22. The summed E-state index contributed by atoms with van der Waals surface area (Å²) >= 11 is 5.95. The molecule has 4 nitrogen and oxygen atoms in total. The number of nitrogens with one attached hydrogen (secondary N) is 1. The van der Waals surface area contributed by atoms with Crippen LogP contribution in [0, 0.1) is 0 Å². The van der Waals surface area contributed by atoms with E-state index in [-0.39, 0.29) is 12.5 Å². The molecule has 24 heavy (non-hydrogen) atoms. The molecule has 0 spiro atoms. The predicted octanol–water partition coefficient (Wildman–Crippen LogP) is 3.25. The summed E-state index contributed by atoms with van der Waals surface area (Å²) in [6.07, 6.45) is 2.40. The Labute approximate surface area is 147 Å². The number of carbonyl (C=O) groups is 1. The normalized spacial score (nSPS) is 10.5. The van der Waals surface area contributed by atoms with E-state index >= 15 is 0 Å². The maximum absolute atomic E-state index is 12.3. The molecule has 0 bridgehead atoms. The second kappa shape index (κ2) is 9.30. The monoisotopic (exact) mass is 347 g/mol. The first-order chi connectivity index (χ1) is 11.6. The number of hydrogen-bond donors (Lipinski definition) is 2. The number of carbonyl (C=O) groups excluding carboxylic acids is 1. The number of ether oxygens (including phenoxy) is 1. The summed E-state index contributed by atoms with van der Waals surface area (Å²) in [7, 11) is 1.53. The Bertz CT molecular complexity index is 671. The van der Waals surface area contributed by atoms with Gasteiger partial charge in [0.15, 0.2) is 0 Å². The highest BCUT2D eigenvalue weighted by Gasteiger charge is 2.12. The molecule has 2 aromatic carbocycles. The molecule has 2 rings (SSSR count). The molecule has 5 heteroatoms. The molecular weight excluding hydrogens is 326 g/mol. The van der Waals surface area contributed by atoms with Gasteiger partial charge in [0.05, 0.1) is 12.7 Å². The number of aryl methyl sites for hydroxylation is 1. The van der Waals surface area contributed by atoms with Crippen LogP contribution in [-0.2, 0) is 12.8 Å². The van der Waals surface area contributed by atoms with Gasteiger partial charge in [-0.25, -0.2) is 0 Å². The minimum Gasteiger partial charge on any atom is -0.496 e. The number of halogens is 1. The number of rotatable bonds is 8. The van der Waals surface area contributed by atoms with Gasteiger partial charge in [0.25, 0.3) is 5.91 Å². The fourth-order valence-corrected chi connectivity index (χ4v) is 2.60. The lowest BCUT2D eigenvalue weighted by molar-refractivity contribution is 0.0951. The van der Waals surface area contributed by atoms with Crippen LogP contribution in [-0.4, -0.2) is 31.3 Å². The van der Waals surface area contributed by atoms with Gasteiger partial charge < -0.3 is 15.2 Å². The van der Waals surface area contributed by atoms with Gasteiger partial charge in [-0.05, 0) is 48.6 Å². The lowest BCUT2D eigenvalue weighted by atomic mass is 10.1. The van der Waals surface area contributed by atoms with Crippen molar-refractivity contribution in [2.24, 2.45) is 0 Å². The molecule has 0 aliphatic carbocycles. The molecule has 0 aliphatic rings. The van der Waals surface area contributed by atoms with Gasteiger partial charge in [-0.2, -0.15) is 0 Å². The summed E-state index contributed by atoms with van der Waals surface area (Å²) in [6, 6.07) is 13.2. The van der Waals surface area contributed by atoms with Crippen molar-refractivity contribution in [3.8, 4) is 5.75 Å². The van der Waals surface area contributed by atoms with E-state index < -0.39 is 0 Å². The van der Waals surface area contributed by atoms with Crippen LogP contribution in [0.2, 0.25) is 5.02 Å². The highest BCUT2D eigenvalue weighted by molar-refractivity contribution is 6.31. The number of methoxy groups -OCH3 is 1. The maximum atomic E-state index is 12.3. The summed E-state index contributed by atoms with van der Waals surface area (Å²) < 4.78 is 5.19. The maximum Gasteiger partial charge on any atom is 0.255 e. The summed E-state index contributed by atoms with van der Waals surface area (Å²) in [5, 5.41) is 12.2. The minimum atomic E-state index is -0.200. The quantitative estimate of drug-likeness (QED) is 0.770. The standard InChI is InChI=1S/C19H22ClNO3/c1-24-18-9-8-16(20)13-17(18)19(23)21-11-10-15-6-4-14(5-7-15)3-2-12-22/h4-9,13,22H,2-3,10-12H2,1H3,(H,21,23). The van der Waals surface area contributed by atoms with Gasteiger partial charge in [-0.3, -0.25) is 4.79 Å². The largest absolute Gasteiger partial charge is 0.496 e. The van der Waals surface area contributed by atoms with Gasteiger partial charge >= 0.3 is 0 Å². The molecule has 0 atom stereocenters. The zero-order valence-corrected chi connectivity index (χ0v) is 14.5. The number of hydrogen-bond acceptors (Lipinski definition) is 3. The van der Waals surface area contributed by atoms with E-state index in [9.17, 15) is 4.79 Å². The predicted molar refractivity (Wildman–Crippen MR) is 95.9 cm³/mol. The number of amides is 1. The van der Waals surface area contributed by atoms with E-state index in [1.54, 1.807) is 18.2 Å². The number of benzene rings is 2. The van der Waals surface area contributed by atoms with Crippen molar-refractivity contribution in [2.45, 2.75) is 19.3 Å². The third-order valence-electron chi connectivity index (χ3n) is 3.75. The molecule has 1 amide bonds. The van der Waals surface area contributed by atoms with E-state index in [1.165, 1.54) is 12.7 Å². The van der Waals surface area contributed by atoms with Crippen LogP contribution in [0.4, 0.5) is 0 Å². The Morgan fingerprint density at radius 2 is 1.79 bits per heavy atom. The summed E-state index contributed by atoms with van der Waals surface area (Å²) in [5.74, 6) is 0.305. The van der Waals surface area contributed by atoms with E-state index in [2.05, 4.69) is 29.6 Å². The lowest BCUT2D eigenvalue weighted by Gasteiger charge is -2.10. The molecule has 0 saturated carbocycles. The summed E-state index contributed by atoms with van der Waals surface area (Å²) in [4.78, 5) is 12.3. The third-order valence-corrected chi connectivity index (χ3v) is 3.99. The van der Waals surface area contributed by atoms with Crippen LogP contribution in [0.1, 0.15) is 27.9 Å². The topological polar surface area (TPSA) is 58.6 Å². The van der Waals surface area contributed by atoms with Crippen LogP contribution in [0.5, 0.6) is 5.75 Å². The van der Waals surface area contributed by atoms with Crippen molar-refractivity contribution in [1.29, 1.82) is 0 Å². The fourth-order valence-electron chi connectivity index (χ4n) is 2.43. The zero-order chi connectivity index (χ0) is 17.4. The van der Waals surface area contributed by atoms with Gasteiger partial charge in [0.2, 0.25) is 0 Å². The van der Waals surface area contributed by atoms with Crippen LogP contribution in [0.15, 0.2) is 42.5 Å². The molecule has 0 fully saturated rings. The summed E-state index contributed by atoms with van der Waals surface area (Å²) in [6.45, 7) is 0.741. The minimum absolute atomic E-state index is 0.200. The van der Waals surface area contributed by atoms with Gasteiger partial charge in [0.1, 0.15) is 5.75 Å². The van der Waals surface area contributed by atoms with Crippen LogP contribution < -0.4 is 10.1 Å². The van der Waals surface area contributed by atoms with Crippen molar-refractivity contribution in [1.82, 2.24) is 5.32 Å². The van der Waals surface area contributed by atoms with E-state index in [0.29, 0.717) is 22.9 Å². The van der Waals surface area contributed by atoms with E-state index in [4.69, 9.17) is 21.4 Å². The van der Waals surface area contributed by atoms with Gasteiger partial charge in [0, 0.05) is 18.2 Å². The first kappa shape index (κ1) is 18.3. The molecule has 0 heterocycles. The van der Waals surface area contributed by atoms with E-state index in [1.807, 2.05) is 0 Å². The van der Waals surface area contributed by atoms with Crippen molar-refractivity contribution >= 4 is 17.5 Å². The van der Waals surface area contributed by atoms with Crippen molar-refractivity contribution in [3.63, 3.8) is 0 Å². The molecule has 128 valence electrons. The van der Waals surface area contributed by atoms with Gasteiger partial charge in [-0.15, -0.1) is 0 Å². The smallest absolute Gasteiger partial charge is 0.255 e. The molecule has 0 saturated heterocycles. The van der Waals surface area contributed by atoms with Gasteiger partial charge in [-0.1, -0.05) is 35.9 Å². The lowest BCUT2D eigenvalue weighted by Crippen LogP contribution is -2.26. The Kier molecular flexibility index (Phi) is 7.09. The molecule has 0 unspecified atom stereocenters. The van der Waals surface area contributed by atoms with E-state index in [0.717, 1.165) is 24.8 Å². The summed E-state index contributed by atoms with van der Waals surface area (Å²) in [5.41, 5.74) is 2.80. The fraction of sp³-hybridized carbons (Fsp3) is 0.316. The van der Waals surface area contributed by atoms with Crippen LogP contribution >= 0.6 is 11.6 Å². The Balaban J connectivity index is 1.87. The molecular formula is C19H22ClNO3. The highest BCUT2D eigenvalue weighted by atomic mass is 35.5. The second-order valence-electron chi connectivity index (χ2n) is 5.49. The molecule has 0 radical (unpaired) electrons. The average molecular weight is 348 g/mol. The Hall–Kier alpha value is -2.04. The first-order valence-electron chi connectivity index (χ1n) is 7.94. The zero-order valence-electron chi connectivity index (χ0n) is 13.7. The van der Waals surface area contributed by atoms with Crippen LogP contribution in [0.25, 0.3) is 0 Å². The van der Waals surface area contributed by atoms with Crippen LogP contribution in [0.3, 0.4) is 0 Å². The first-order valence-corrected chi connectivity index (χ1v) is 8.32. The second-order valence-corrected chi connectivity index (χ2v) is 5.93. The molecule has 0 aromatic heterocycles. The Morgan fingerprint density at radius 1 is 1.12 bits per heavy atom. The average Bonchev–Trinajstić information content (AvgIpc) is 2.61. The SMILES string of the molecule is COc1ccc(Cl)cc1C(=O)NCCc1ccc(CCCO)cc1. The van der Waals surface area contributed by atoms with Crippen molar-refractivity contribution in [3.05, 3.63) is 64.2 Å². The number of aliphatic hydroxyl groups is 1.